The second-order valence-electron chi connectivity index (χ2n) is 6.61. The van der Waals surface area contributed by atoms with Crippen molar-refractivity contribution in [2.45, 2.75) is 46.5 Å². The third-order valence-electron chi connectivity index (χ3n) is 4.63. The third-order valence-corrected chi connectivity index (χ3v) is 4.63. The molecule has 2 atom stereocenters. The Morgan fingerprint density at radius 2 is 1.95 bits per heavy atom. The van der Waals surface area contributed by atoms with Gasteiger partial charge < -0.3 is 16.4 Å². The summed E-state index contributed by atoms with van der Waals surface area (Å²) in [7, 11) is 0. The maximum absolute atomic E-state index is 12.2. The molecule has 5 nitrogen and oxygen atoms in total. The largest absolute Gasteiger partial charge is 0.369 e. The lowest BCUT2D eigenvalue weighted by molar-refractivity contribution is -0.132. The van der Waals surface area contributed by atoms with Gasteiger partial charge in [-0.1, -0.05) is 13.8 Å². The van der Waals surface area contributed by atoms with Crippen LogP contribution in [0.15, 0.2) is 0 Å². The minimum Gasteiger partial charge on any atom is -0.369 e. The van der Waals surface area contributed by atoms with Crippen LogP contribution < -0.4 is 11.5 Å². The molecule has 0 aromatic carbocycles. The van der Waals surface area contributed by atoms with Gasteiger partial charge in [-0.2, -0.15) is 0 Å². The SMILES string of the molecule is CC(C)C(CCN)CCC(=O)N1CCC(C)(C(N)=O)C1. The highest BCUT2D eigenvalue weighted by atomic mass is 16.2. The predicted octanol–water partition coefficient (Wildman–Crippen LogP) is 1.11. The van der Waals surface area contributed by atoms with E-state index in [1.165, 1.54) is 0 Å². The van der Waals surface area contributed by atoms with Gasteiger partial charge in [0.05, 0.1) is 5.41 Å². The monoisotopic (exact) mass is 283 g/mol. The van der Waals surface area contributed by atoms with Gasteiger partial charge in [0.2, 0.25) is 11.8 Å². The summed E-state index contributed by atoms with van der Waals surface area (Å²) < 4.78 is 0. The molecule has 1 rings (SSSR count). The molecule has 2 amide bonds. The molecule has 1 saturated heterocycles. The first kappa shape index (κ1) is 17.0. The van der Waals surface area contributed by atoms with E-state index in [2.05, 4.69) is 13.8 Å². The summed E-state index contributed by atoms with van der Waals surface area (Å²) in [5, 5.41) is 0. The molecule has 0 aromatic rings. The molecule has 116 valence electrons. The molecule has 0 aliphatic carbocycles. The standard InChI is InChI=1S/C15H29N3O2/c1-11(2)12(6-8-16)4-5-13(19)18-9-7-15(3,10-18)14(17)20/h11-12H,4-10,16H2,1-3H3,(H2,17,20). The average Bonchev–Trinajstić information content (AvgIpc) is 2.78. The molecular weight excluding hydrogens is 254 g/mol. The fourth-order valence-electron chi connectivity index (χ4n) is 2.87. The van der Waals surface area contributed by atoms with E-state index in [9.17, 15) is 9.59 Å². The molecule has 4 N–H and O–H groups in total. The summed E-state index contributed by atoms with van der Waals surface area (Å²) in [4.78, 5) is 25.4. The number of carbonyl (C=O) groups excluding carboxylic acids is 2. The lowest BCUT2D eigenvalue weighted by Gasteiger charge is -2.23. The van der Waals surface area contributed by atoms with Gasteiger partial charge in [0, 0.05) is 19.5 Å². The zero-order valence-electron chi connectivity index (χ0n) is 13.0. The number of primary amides is 1. The van der Waals surface area contributed by atoms with Crippen molar-refractivity contribution in [1.82, 2.24) is 4.90 Å². The first-order chi connectivity index (χ1) is 9.30. The van der Waals surface area contributed by atoms with Gasteiger partial charge in [-0.15, -0.1) is 0 Å². The average molecular weight is 283 g/mol. The number of amides is 2. The van der Waals surface area contributed by atoms with Crippen LogP contribution in [-0.2, 0) is 9.59 Å². The molecule has 0 aromatic heterocycles. The van der Waals surface area contributed by atoms with E-state index in [1.807, 2.05) is 6.92 Å². The van der Waals surface area contributed by atoms with Crippen molar-refractivity contribution < 1.29 is 9.59 Å². The molecule has 0 radical (unpaired) electrons. The van der Waals surface area contributed by atoms with E-state index in [1.54, 1.807) is 4.90 Å². The van der Waals surface area contributed by atoms with Crippen LogP contribution in [0, 0.1) is 17.3 Å². The third kappa shape index (κ3) is 4.20. The van der Waals surface area contributed by atoms with Crippen LogP contribution in [0.25, 0.3) is 0 Å². The van der Waals surface area contributed by atoms with Crippen LogP contribution in [0.1, 0.15) is 46.5 Å². The van der Waals surface area contributed by atoms with Gasteiger partial charge in [0.15, 0.2) is 0 Å². The Kier molecular flexibility index (Phi) is 5.99. The minimum absolute atomic E-state index is 0.137. The Labute approximate surface area is 122 Å². The first-order valence-corrected chi connectivity index (χ1v) is 7.58. The molecule has 1 fully saturated rings. The molecule has 5 heteroatoms. The summed E-state index contributed by atoms with van der Waals surface area (Å²) in [6.07, 6.45) is 3.05. The maximum atomic E-state index is 12.2. The smallest absolute Gasteiger partial charge is 0.225 e. The highest BCUT2D eigenvalue weighted by Gasteiger charge is 2.40. The van der Waals surface area contributed by atoms with Crippen molar-refractivity contribution in [3.63, 3.8) is 0 Å². The van der Waals surface area contributed by atoms with E-state index < -0.39 is 5.41 Å². The van der Waals surface area contributed by atoms with Crippen LogP contribution in [0.3, 0.4) is 0 Å². The van der Waals surface area contributed by atoms with E-state index >= 15 is 0 Å². The number of rotatable bonds is 7. The second kappa shape index (κ2) is 7.07. The molecular formula is C15H29N3O2. The number of nitrogens with two attached hydrogens (primary N) is 2. The van der Waals surface area contributed by atoms with E-state index in [4.69, 9.17) is 11.5 Å². The van der Waals surface area contributed by atoms with Crippen molar-refractivity contribution in [1.29, 1.82) is 0 Å². The molecule has 0 spiro atoms. The number of nitrogens with zero attached hydrogens (tertiary/aromatic N) is 1. The zero-order chi connectivity index (χ0) is 15.3. The molecule has 1 aliphatic heterocycles. The minimum atomic E-state index is -0.551. The fourth-order valence-corrected chi connectivity index (χ4v) is 2.87. The van der Waals surface area contributed by atoms with Crippen molar-refractivity contribution in [3.8, 4) is 0 Å². The van der Waals surface area contributed by atoms with Crippen molar-refractivity contribution in [3.05, 3.63) is 0 Å². The number of likely N-dealkylation sites (tertiary alicyclic amines) is 1. The van der Waals surface area contributed by atoms with Crippen LogP contribution in [0.4, 0.5) is 0 Å². The fraction of sp³-hybridized carbons (Fsp3) is 0.867. The van der Waals surface area contributed by atoms with E-state index in [0.717, 1.165) is 12.8 Å². The highest BCUT2D eigenvalue weighted by molar-refractivity contribution is 5.83. The summed E-state index contributed by atoms with van der Waals surface area (Å²) in [5.74, 6) is 0.864. The Bertz CT molecular complexity index is 357. The van der Waals surface area contributed by atoms with Gasteiger partial charge in [0.25, 0.3) is 0 Å². The van der Waals surface area contributed by atoms with E-state index in [0.29, 0.717) is 44.3 Å². The van der Waals surface area contributed by atoms with Crippen LogP contribution in [0.5, 0.6) is 0 Å². The Morgan fingerprint density at radius 1 is 1.30 bits per heavy atom. The van der Waals surface area contributed by atoms with Crippen LogP contribution in [0.2, 0.25) is 0 Å². The van der Waals surface area contributed by atoms with Crippen LogP contribution in [-0.4, -0.2) is 36.3 Å². The van der Waals surface area contributed by atoms with Crippen molar-refractivity contribution in [2.75, 3.05) is 19.6 Å². The normalized spacial score (nSPS) is 24.1. The number of hydrogen-bond donors (Lipinski definition) is 2. The van der Waals surface area contributed by atoms with Gasteiger partial charge in [-0.05, 0) is 44.6 Å². The lowest BCUT2D eigenvalue weighted by atomic mass is 9.88. The summed E-state index contributed by atoms with van der Waals surface area (Å²) in [5.41, 5.74) is 10.5. The quantitative estimate of drug-likeness (QED) is 0.733. The van der Waals surface area contributed by atoms with Gasteiger partial charge in [-0.3, -0.25) is 9.59 Å². The predicted molar refractivity (Wildman–Crippen MR) is 79.7 cm³/mol. The molecule has 20 heavy (non-hydrogen) atoms. The van der Waals surface area contributed by atoms with Gasteiger partial charge >= 0.3 is 0 Å². The molecule has 1 aliphatic rings. The zero-order valence-corrected chi connectivity index (χ0v) is 13.0. The first-order valence-electron chi connectivity index (χ1n) is 7.58. The number of hydrogen-bond acceptors (Lipinski definition) is 3. The maximum Gasteiger partial charge on any atom is 0.225 e. The second-order valence-corrected chi connectivity index (χ2v) is 6.61. The summed E-state index contributed by atoms with van der Waals surface area (Å²) in [6.45, 7) is 7.95. The molecule has 1 heterocycles. The Morgan fingerprint density at radius 3 is 2.40 bits per heavy atom. The lowest BCUT2D eigenvalue weighted by Crippen LogP contribution is -2.38. The highest BCUT2D eigenvalue weighted by Crippen LogP contribution is 2.30. The van der Waals surface area contributed by atoms with Crippen molar-refractivity contribution in [2.24, 2.45) is 28.7 Å². The van der Waals surface area contributed by atoms with Crippen LogP contribution >= 0.6 is 0 Å². The molecule has 0 bridgehead atoms. The topological polar surface area (TPSA) is 89.4 Å². The number of carbonyl (C=O) groups is 2. The summed E-state index contributed by atoms with van der Waals surface area (Å²) in [6, 6.07) is 0. The molecule has 0 saturated carbocycles. The van der Waals surface area contributed by atoms with Gasteiger partial charge in [0.1, 0.15) is 0 Å². The Hall–Kier alpha value is -1.10. The summed E-state index contributed by atoms with van der Waals surface area (Å²) >= 11 is 0. The Balaban J connectivity index is 2.46. The molecule has 2 unspecified atom stereocenters. The van der Waals surface area contributed by atoms with Gasteiger partial charge in [-0.25, -0.2) is 0 Å². The van der Waals surface area contributed by atoms with Crippen molar-refractivity contribution >= 4 is 11.8 Å². The van der Waals surface area contributed by atoms with E-state index in [-0.39, 0.29) is 11.8 Å².